The molecule has 0 aromatic heterocycles. The first-order valence-corrected chi connectivity index (χ1v) is 9.77. The largest absolute Gasteiger partial charge is 0.466 e. The summed E-state index contributed by atoms with van der Waals surface area (Å²) < 4.78 is 5.39. The van der Waals surface area contributed by atoms with Crippen molar-refractivity contribution in [3.05, 3.63) is 0 Å². The smallest absolute Gasteiger partial charge is 0.306 e. The lowest BCUT2D eigenvalue weighted by Gasteiger charge is -2.41. The molecule has 2 rings (SSSR count). The zero-order valence-electron chi connectivity index (χ0n) is 15.3. The lowest BCUT2D eigenvalue weighted by molar-refractivity contribution is -0.145. The third-order valence-corrected chi connectivity index (χ3v) is 5.57. The highest BCUT2D eigenvalue weighted by Crippen LogP contribution is 2.25. The number of piperidine rings is 2. The van der Waals surface area contributed by atoms with E-state index in [0.717, 1.165) is 25.3 Å². The van der Waals surface area contributed by atoms with Crippen molar-refractivity contribution in [2.45, 2.75) is 70.8 Å². The van der Waals surface area contributed by atoms with Crippen molar-refractivity contribution in [2.75, 3.05) is 39.8 Å². The highest BCUT2D eigenvalue weighted by Gasteiger charge is 2.28. The van der Waals surface area contributed by atoms with E-state index in [1.165, 1.54) is 58.3 Å². The Morgan fingerprint density at radius 1 is 1.00 bits per heavy atom. The highest BCUT2D eigenvalue weighted by atomic mass is 16.5. The molecule has 2 heterocycles. The van der Waals surface area contributed by atoms with Gasteiger partial charge < -0.3 is 14.5 Å². The average Bonchev–Trinajstić information content (AvgIpc) is 2.56. The summed E-state index contributed by atoms with van der Waals surface area (Å²) in [5.41, 5.74) is 0. The van der Waals surface area contributed by atoms with Gasteiger partial charge in [0.1, 0.15) is 0 Å². The minimum absolute atomic E-state index is 0.0271. The minimum Gasteiger partial charge on any atom is -0.466 e. The number of esters is 1. The monoisotopic (exact) mass is 324 g/mol. The minimum atomic E-state index is 0.0271. The van der Waals surface area contributed by atoms with Crippen LogP contribution in [0.3, 0.4) is 0 Å². The van der Waals surface area contributed by atoms with Crippen molar-refractivity contribution in [3.63, 3.8) is 0 Å². The standard InChI is InChI=1S/C19H36N2O2/c1-3-4-5-6-15-23-19(22)16-17-7-13-21(14-8-17)18-9-11-20(2)12-10-18/h17-18H,3-16H2,1-2H3. The molecule has 2 fully saturated rings. The van der Waals surface area contributed by atoms with Gasteiger partial charge in [-0.15, -0.1) is 0 Å². The van der Waals surface area contributed by atoms with Crippen LogP contribution in [0.15, 0.2) is 0 Å². The molecule has 0 spiro atoms. The molecule has 0 unspecified atom stereocenters. The van der Waals surface area contributed by atoms with Gasteiger partial charge in [-0.2, -0.15) is 0 Å². The van der Waals surface area contributed by atoms with Crippen LogP contribution in [0.5, 0.6) is 0 Å². The summed E-state index contributed by atoms with van der Waals surface area (Å²) in [6.07, 6.45) is 10.2. The Bertz CT molecular complexity index is 332. The Morgan fingerprint density at radius 2 is 1.70 bits per heavy atom. The van der Waals surface area contributed by atoms with Gasteiger partial charge in [0, 0.05) is 12.5 Å². The summed E-state index contributed by atoms with van der Waals surface area (Å²) in [7, 11) is 2.22. The molecule has 0 bridgehead atoms. The lowest BCUT2D eigenvalue weighted by atomic mass is 9.91. The third-order valence-electron chi connectivity index (χ3n) is 5.57. The first-order valence-electron chi connectivity index (χ1n) is 9.77. The van der Waals surface area contributed by atoms with Crippen molar-refractivity contribution >= 4 is 5.97 Å². The Hall–Kier alpha value is -0.610. The maximum absolute atomic E-state index is 11.9. The van der Waals surface area contributed by atoms with Crippen LogP contribution in [0.2, 0.25) is 0 Å². The van der Waals surface area contributed by atoms with E-state index in [9.17, 15) is 4.79 Å². The topological polar surface area (TPSA) is 32.8 Å². The van der Waals surface area contributed by atoms with E-state index in [1.807, 2.05) is 0 Å². The molecule has 0 radical (unpaired) electrons. The molecule has 0 N–H and O–H groups in total. The van der Waals surface area contributed by atoms with Crippen LogP contribution in [0.4, 0.5) is 0 Å². The Morgan fingerprint density at radius 3 is 2.35 bits per heavy atom. The Balaban J connectivity index is 1.56. The molecule has 23 heavy (non-hydrogen) atoms. The predicted octanol–water partition coefficient (Wildman–Crippen LogP) is 3.31. The fourth-order valence-electron chi connectivity index (χ4n) is 3.89. The second kappa shape index (κ2) is 10.3. The number of unbranched alkanes of at least 4 members (excludes halogenated alkanes) is 3. The predicted molar refractivity (Wildman–Crippen MR) is 94.5 cm³/mol. The fraction of sp³-hybridized carbons (Fsp3) is 0.947. The van der Waals surface area contributed by atoms with Gasteiger partial charge in [0.25, 0.3) is 0 Å². The van der Waals surface area contributed by atoms with E-state index in [-0.39, 0.29) is 5.97 Å². The van der Waals surface area contributed by atoms with Crippen LogP contribution in [-0.2, 0) is 9.53 Å². The first kappa shape index (κ1) is 18.7. The van der Waals surface area contributed by atoms with Gasteiger partial charge in [0.05, 0.1) is 6.61 Å². The number of hydrogen-bond acceptors (Lipinski definition) is 4. The highest BCUT2D eigenvalue weighted by molar-refractivity contribution is 5.69. The van der Waals surface area contributed by atoms with Gasteiger partial charge in [0.15, 0.2) is 0 Å². The fourth-order valence-corrected chi connectivity index (χ4v) is 3.89. The average molecular weight is 325 g/mol. The van der Waals surface area contributed by atoms with Gasteiger partial charge >= 0.3 is 5.97 Å². The molecule has 2 saturated heterocycles. The number of hydrogen-bond donors (Lipinski definition) is 0. The SMILES string of the molecule is CCCCCCOC(=O)CC1CCN(C2CCN(C)CC2)CC1. The number of nitrogens with zero attached hydrogens (tertiary/aromatic N) is 2. The molecule has 4 nitrogen and oxygen atoms in total. The van der Waals surface area contributed by atoms with Crippen LogP contribution in [0, 0.1) is 5.92 Å². The molecule has 134 valence electrons. The van der Waals surface area contributed by atoms with Gasteiger partial charge in [-0.1, -0.05) is 26.2 Å². The quantitative estimate of drug-likeness (QED) is 0.506. The molecule has 2 aliphatic rings. The molecule has 0 amide bonds. The second-order valence-electron chi connectivity index (χ2n) is 7.50. The van der Waals surface area contributed by atoms with Crippen molar-refractivity contribution < 1.29 is 9.53 Å². The number of rotatable bonds is 8. The summed E-state index contributed by atoms with van der Waals surface area (Å²) >= 11 is 0. The van der Waals surface area contributed by atoms with Crippen LogP contribution in [-0.4, -0.2) is 61.6 Å². The number of carbonyl (C=O) groups is 1. The second-order valence-corrected chi connectivity index (χ2v) is 7.50. The molecule has 0 aromatic rings. The van der Waals surface area contributed by atoms with Crippen LogP contribution in [0.1, 0.15) is 64.7 Å². The number of carbonyl (C=O) groups excluding carboxylic acids is 1. The van der Waals surface area contributed by atoms with Crippen LogP contribution >= 0.6 is 0 Å². The van der Waals surface area contributed by atoms with Crippen molar-refractivity contribution in [3.8, 4) is 0 Å². The molecule has 0 atom stereocenters. The van der Waals surface area contributed by atoms with Gasteiger partial charge in [-0.3, -0.25) is 4.79 Å². The van der Waals surface area contributed by atoms with Crippen molar-refractivity contribution in [2.24, 2.45) is 5.92 Å². The Kier molecular flexibility index (Phi) is 8.38. The maximum Gasteiger partial charge on any atom is 0.306 e. The molecular formula is C19H36N2O2. The Labute approximate surface area is 142 Å². The third kappa shape index (κ3) is 6.80. The molecule has 4 heteroatoms. The molecular weight excluding hydrogens is 288 g/mol. The zero-order chi connectivity index (χ0) is 16.5. The summed E-state index contributed by atoms with van der Waals surface area (Å²) in [4.78, 5) is 17.0. The van der Waals surface area contributed by atoms with Gasteiger partial charge in [0.2, 0.25) is 0 Å². The van der Waals surface area contributed by atoms with Crippen molar-refractivity contribution in [1.29, 1.82) is 0 Å². The maximum atomic E-state index is 11.9. The summed E-state index contributed by atoms with van der Waals surface area (Å²) in [5, 5.41) is 0. The van der Waals surface area contributed by atoms with Crippen LogP contribution in [0.25, 0.3) is 0 Å². The molecule has 0 aromatic carbocycles. The number of likely N-dealkylation sites (tertiary alicyclic amines) is 2. The lowest BCUT2D eigenvalue weighted by Crippen LogP contribution is -2.47. The number of ether oxygens (including phenoxy) is 1. The van der Waals surface area contributed by atoms with E-state index in [1.54, 1.807) is 0 Å². The van der Waals surface area contributed by atoms with E-state index in [4.69, 9.17) is 4.74 Å². The van der Waals surface area contributed by atoms with Crippen LogP contribution < -0.4 is 0 Å². The summed E-state index contributed by atoms with van der Waals surface area (Å²) in [6, 6.07) is 0.776. The zero-order valence-corrected chi connectivity index (χ0v) is 15.3. The first-order chi connectivity index (χ1) is 11.2. The normalized spacial score (nSPS) is 22.3. The van der Waals surface area contributed by atoms with E-state index in [2.05, 4.69) is 23.8 Å². The molecule has 2 aliphatic heterocycles. The summed E-state index contributed by atoms with van der Waals surface area (Å²) in [6.45, 7) is 7.62. The van der Waals surface area contributed by atoms with E-state index >= 15 is 0 Å². The molecule has 0 saturated carbocycles. The molecule has 0 aliphatic carbocycles. The van der Waals surface area contributed by atoms with Gasteiger partial charge in [-0.05, 0) is 71.2 Å². The van der Waals surface area contributed by atoms with E-state index < -0.39 is 0 Å². The van der Waals surface area contributed by atoms with E-state index in [0.29, 0.717) is 18.9 Å². The van der Waals surface area contributed by atoms with Gasteiger partial charge in [-0.25, -0.2) is 0 Å². The summed E-state index contributed by atoms with van der Waals surface area (Å²) in [5.74, 6) is 0.569. The van der Waals surface area contributed by atoms with Crippen molar-refractivity contribution in [1.82, 2.24) is 9.80 Å².